The minimum absolute atomic E-state index is 0.645. The predicted molar refractivity (Wildman–Crippen MR) is 88.7 cm³/mol. The third-order valence-corrected chi connectivity index (χ3v) is 4.22. The van der Waals surface area contributed by atoms with Crippen LogP contribution in [0.25, 0.3) is 0 Å². The summed E-state index contributed by atoms with van der Waals surface area (Å²) in [4.78, 5) is 0. The van der Waals surface area contributed by atoms with Crippen LogP contribution in [0.3, 0.4) is 0 Å². The first kappa shape index (κ1) is 15.8. The number of nitrogens with zero attached hydrogens (tertiary/aromatic N) is 1. The summed E-state index contributed by atoms with van der Waals surface area (Å²) in [5.74, 6) is 0. The Morgan fingerprint density at radius 3 is 1.95 bits per heavy atom. The van der Waals surface area contributed by atoms with E-state index in [1.165, 1.54) is 0 Å². The summed E-state index contributed by atoms with van der Waals surface area (Å²) in [6.07, 6.45) is 0. The van der Waals surface area contributed by atoms with Crippen LogP contribution in [0.5, 0.6) is 0 Å². The molecule has 0 bridgehead atoms. The van der Waals surface area contributed by atoms with Gasteiger partial charge in [-0.2, -0.15) is 5.26 Å². The Hall–Kier alpha value is -1.60. The van der Waals surface area contributed by atoms with Gasteiger partial charge in [0.15, 0.2) is 13.9 Å². The number of hydrogen-bond donors (Lipinski definition) is 0. The fraction of sp³-hybridized carbons (Fsp3) is 0.235. The van der Waals surface area contributed by atoms with E-state index >= 15 is 0 Å². The van der Waals surface area contributed by atoms with Gasteiger partial charge in [-0.3, -0.25) is 0 Å². The number of hydrogen-bond acceptors (Lipinski definition) is 2. The van der Waals surface area contributed by atoms with Crippen LogP contribution in [0.4, 0.5) is 0 Å². The van der Waals surface area contributed by atoms with Gasteiger partial charge in [-0.15, -0.1) is 0 Å². The highest BCUT2D eigenvalue weighted by atomic mass is 35.5. The van der Waals surface area contributed by atoms with E-state index in [1.807, 2.05) is 42.5 Å². The minimum atomic E-state index is -1.95. The monoisotopic (exact) mass is 315 g/mol. The summed E-state index contributed by atoms with van der Waals surface area (Å²) in [6.45, 7) is 6.24. The summed E-state index contributed by atoms with van der Waals surface area (Å²) in [5.41, 5.74) is 0.566. The maximum Gasteiger partial charge on any atom is 0.196 e. The van der Waals surface area contributed by atoms with Gasteiger partial charge < -0.3 is 4.43 Å². The molecule has 108 valence electrons. The Balaban J connectivity index is 2.63. The second-order valence-corrected chi connectivity index (χ2v) is 10.7. The average molecular weight is 316 g/mol. The number of benzene rings is 2. The lowest BCUT2D eigenvalue weighted by Crippen LogP contribution is -2.40. The fourth-order valence-corrected chi connectivity index (χ4v) is 3.58. The van der Waals surface area contributed by atoms with Crippen molar-refractivity contribution >= 4 is 19.9 Å². The zero-order valence-corrected chi connectivity index (χ0v) is 14.2. The second-order valence-electron chi connectivity index (χ2n) is 5.88. The van der Waals surface area contributed by atoms with Gasteiger partial charge in [0.2, 0.25) is 0 Å². The van der Waals surface area contributed by atoms with Gasteiger partial charge in [0.1, 0.15) is 6.07 Å². The topological polar surface area (TPSA) is 33.0 Å². The zero-order valence-electron chi connectivity index (χ0n) is 12.4. The van der Waals surface area contributed by atoms with Crippen molar-refractivity contribution < 1.29 is 4.43 Å². The van der Waals surface area contributed by atoms with Crippen LogP contribution in [0.15, 0.2) is 54.6 Å². The third-order valence-electron chi connectivity index (χ3n) is 3.05. The van der Waals surface area contributed by atoms with Gasteiger partial charge in [-0.1, -0.05) is 54.1 Å². The van der Waals surface area contributed by atoms with Crippen molar-refractivity contribution in [2.75, 3.05) is 0 Å². The molecule has 0 aliphatic carbocycles. The first-order chi connectivity index (χ1) is 9.87. The van der Waals surface area contributed by atoms with E-state index in [0.717, 1.165) is 11.1 Å². The highest BCUT2D eigenvalue weighted by Crippen LogP contribution is 2.36. The highest BCUT2D eigenvalue weighted by molar-refractivity contribution is 6.69. The van der Waals surface area contributed by atoms with Crippen LogP contribution in [0.1, 0.15) is 11.1 Å². The highest BCUT2D eigenvalue weighted by Gasteiger charge is 2.39. The summed E-state index contributed by atoms with van der Waals surface area (Å²) in [5, 5.41) is 10.6. The molecule has 2 aromatic rings. The molecule has 0 fully saturated rings. The largest absolute Gasteiger partial charge is 0.393 e. The van der Waals surface area contributed by atoms with Gasteiger partial charge in [-0.25, -0.2) is 0 Å². The van der Waals surface area contributed by atoms with E-state index in [-0.39, 0.29) is 0 Å². The van der Waals surface area contributed by atoms with Crippen LogP contribution < -0.4 is 0 Å². The average Bonchev–Trinajstić information content (AvgIpc) is 2.46. The molecule has 0 aliphatic heterocycles. The van der Waals surface area contributed by atoms with Crippen LogP contribution >= 0.6 is 11.6 Å². The van der Waals surface area contributed by atoms with Gasteiger partial charge in [0, 0.05) is 16.1 Å². The Morgan fingerprint density at radius 2 is 1.48 bits per heavy atom. The van der Waals surface area contributed by atoms with Crippen LogP contribution in [0.2, 0.25) is 24.7 Å². The number of halogens is 1. The summed E-state index contributed by atoms with van der Waals surface area (Å²) in [6, 6.07) is 19.3. The maximum atomic E-state index is 9.93. The molecule has 1 unspecified atom stereocenters. The van der Waals surface area contributed by atoms with E-state index in [4.69, 9.17) is 16.0 Å². The number of nitriles is 1. The van der Waals surface area contributed by atoms with Crippen LogP contribution in [-0.4, -0.2) is 8.32 Å². The Bertz CT molecular complexity index is 643. The molecule has 4 heteroatoms. The fourth-order valence-electron chi connectivity index (χ4n) is 2.25. The van der Waals surface area contributed by atoms with E-state index in [0.29, 0.717) is 5.02 Å². The summed E-state index contributed by atoms with van der Waals surface area (Å²) in [7, 11) is -1.95. The quantitative estimate of drug-likeness (QED) is 0.747. The van der Waals surface area contributed by atoms with Crippen molar-refractivity contribution in [2.24, 2.45) is 0 Å². The van der Waals surface area contributed by atoms with Crippen molar-refractivity contribution in [2.45, 2.75) is 25.2 Å². The molecule has 0 N–H and O–H groups in total. The van der Waals surface area contributed by atoms with Crippen LogP contribution in [-0.2, 0) is 10.0 Å². The first-order valence-corrected chi connectivity index (χ1v) is 10.6. The lowest BCUT2D eigenvalue weighted by atomic mass is 9.88. The molecular formula is C17H18ClNOSi. The molecule has 0 radical (unpaired) electrons. The van der Waals surface area contributed by atoms with Crippen LogP contribution in [0, 0.1) is 11.3 Å². The summed E-state index contributed by atoms with van der Waals surface area (Å²) < 4.78 is 6.32. The van der Waals surface area contributed by atoms with E-state index in [2.05, 4.69) is 25.7 Å². The molecular weight excluding hydrogens is 298 g/mol. The van der Waals surface area contributed by atoms with Crippen molar-refractivity contribution in [1.82, 2.24) is 0 Å². The Kier molecular flexibility index (Phi) is 4.53. The van der Waals surface area contributed by atoms with E-state index in [1.54, 1.807) is 12.1 Å². The minimum Gasteiger partial charge on any atom is -0.393 e. The molecule has 2 aromatic carbocycles. The molecule has 0 saturated carbocycles. The lowest BCUT2D eigenvalue weighted by molar-refractivity contribution is 0.164. The van der Waals surface area contributed by atoms with E-state index < -0.39 is 13.9 Å². The third kappa shape index (κ3) is 3.54. The molecule has 0 spiro atoms. The van der Waals surface area contributed by atoms with E-state index in [9.17, 15) is 5.26 Å². The molecule has 0 amide bonds. The van der Waals surface area contributed by atoms with Crippen molar-refractivity contribution in [3.8, 4) is 6.07 Å². The van der Waals surface area contributed by atoms with Gasteiger partial charge in [0.25, 0.3) is 0 Å². The van der Waals surface area contributed by atoms with Crippen molar-refractivity contribution in [3.05, 3.63) is 70.7 Å². The Morgan fingerprint density at radius 1 is 0.952 bits per heavy atom. The zero-order chi connectivity index (χ0) is 15.5. The standard InChI is InChI=1S/C17H18ClNOSi/c1-21(2,3)20-17(13-19,14-7-5-4-6-8-14)15-9-11-16(18)12-10-15/h4-12H,1-3H3. The maximum absolute atomic E-state index is 9.93. The van der Waals surface area contributed by atoms with Gasteiger partial charge >= 0.3 is 0 Å². The molecule has 0 aromatic heterocycles. The second kappa shape index (κ2) is 6.03. The predicted octanol–water partition coefficient (Wildman–Crippen LogP) is 4.96. The first-order valence-electron chi connectivity index (χ1n) is 6.80. The Labute approximate surface area is 132 Å². The molecule has 21 heavy (non-hydrogen) atoms. The molecule has 1 atom stereocenters. The number of rotatable bonds is 4. The SMILES string of the molecule is C[Si](C)(C)OC(C#N)(c1ccccc1)c1ccc(Cl)cc1. The van der Waals surface area contributed by atoms with Gasteiger partial charge in [-0.05, 0) is 31.8 Å². The molecule has 2 rings (SSSR count). The molecule has 0 saturated heterocycles. The van der Waals surface area contributed by atoms with Gasteiger partial charge in [0.05, 0.1) is 0 Å². The smallest absolute Gasteiger partial charge is 0.196 e. The molecule has 2 nitrogen and oxygen atoms in total. The normalized spacial score (nSPS) is 14.2. The van der Waals surface area contributed by atoms with Crippen molar-refractivity contribution in [1.29, 1.82) is 5.26 Å². The van der Waals surface area contributed by atoms with Crippen molar-refractivity contribution in [3.63, 3.8) is 0 Å². The summed E-state index contributed by atoms with van der Waals surface area (Å²) >= 11 is 5.97. The molecule has 0 aliphatic rings. The molecule has 0 heterocycles. The lowest BCUT2D eigenvalue weighted by Gasteiger charge is -2.34.